The zero-order valence-electron chi connectivity index (χ0n) is 12.4. The number of hydrogen-bond acceptors (Lipinski definition) is 1. The predicted octanol–water partition coefficient (Wildman–Crippen LogP) is 4.28. The predicted molar refractivity (Wildman–Crippen MR) is 81.9 cm³/mol. The van der Waals surface area contributed by atoms with E-state index in [9.17, 15) is 4.79 Å². The van der Waals surface area contributed by atoms with Crippen LogP contribution in [0.3, 0.4) is 0 Å². The summed E-state index contributed by atoms with van der Waals surface area (Å²) in [6.07, 6.45) is 3.63. The van der Waals surface area contributed by atoms with E-state index >= 15 is 0 Å². The molecule has 108 valence electrons. The van der Waals surface area contributed by atoms with E-state index in [4.69, 9.17) is 11.6 Å². The Morgan fingerprint density at radius 1 is 1.25 bits per heavy atom. The van der Waals surface area contributed by atoms with Gasteiger partial charge in [0.2, 0.25) is 0 Å². The zero-order chi connectivity index (χ0) is 14.5. The Morgan fingerprint density at radius 3 is 2.40 bits per heavy atom. The lowest BCUT2D eigenvalue weighted by Gasteiger charge is -2.39. The number of carbonyl (C=O) groups is 1. The summed E-state index contributed by atoms with van der Waals surface area (Å²) in [5.41, 5.74) is 1.24. The van der Waals surface area contributed by atoms with Gasteiger partial charge in [0.1, 0.15) is 0 Å². The maximum atomic E-state index is 12.4. The van der Waals surface area contributed by atoms with Crippen molar-refractivity contribution >= 4 is 17.5 Å². The molecule has 1 aromatic carbocycles. The van der Waals surface area contributed by atoms with E-state index in [0.29, 0.717) is 22.0 Å². The van der Waals surface area contributed by atoms with Crippen LogP contribution in [-0.4, -0.2) is 11.9 Å². The Bertz CT molecular complexity index is 536. The highest BCUT2D eigenvalue weighted by Crippen LogP contribution is 2.65. The summed E-state index contributed by atoms with van der Waals surface area (Å²) in [5, 5.41) is 3.92. The van der Waals surface area contributed by atoms with Crippen LogP contribution in [0, 0.1) is 16.7 Å². The maximum absolute atomic E-state index is 12.4. The van der Waals surface area contributed by atoms with Gasteiger partial charge in [0, 0.05) is 16.6 Å². The van der Waals surface area contributed by atoms with Crippen molar-refractivity contribution in [3.8, 4) is 0 Å². The Kier molecular flexibility index (Phi) is 3.13. The van der Waals surface area contributed by atoms with Gasteiger partial charge in [0.15, 0.2) is 0 Å². The van der Waals surface area contributed by atoms with Crippen molar-refractivity contribution in [3.63, 3.8) is 0 Å². The van der Waals surface area contributed by atoms with Gasteiger partial charge in [-0.3, -0.25) is 4.79 Å². The van der Waals surface area contributed by atoms with Gasteiger partial charge in [-0.2, -0.15) is 0 Å². The Morgan fingerprint density at radius 2 is 1.90 bits per heavy atom. The maximum Gasteiger partial charge on any atom is 0.251 e. The highest BCUT2D eigenvalue weighted by Gasteiger charge is 2.61. The van der Waals surface area contributed by atoms with Crippen LogP contribution in [0.2, 0.25) is 5.02 Å². The second-order valence-corrected chi connectivity index (χ2v) is 7.58. The number of rotatable bonds is 2. The molecule has 0 heterocycles. The number of carbonyl (C=O) groups excluding carboxylic acids is 1. The highest BCUT2D eigenvalue weighted by atomic mass is 35.5. The standard InChI is InChI=1S/C17H22ClNO/c1-16(2)12-8-9-17(16,3)14(10-12)19-15(20)11-4-6-13(18)7-5-11/h4-7,12,14H,8-10H2,1-3H3,(H,19,20)/t12-,14+,17+/m1/s1. The van der Waals surface area contributed by atoms with Crippen LogP contribution in [0.4, 0.5) is 0 Å². The molecule has 2 aliphatic carbocycles. The summed E-state index contributed by atoms with van der Waals surface area (Å²) in [5.74, 6) is 0.763. The molecule has 2 nitrogen and oxygen atoms in total. The average Bonchev–Trinajstić information content (AvgIpc) is 2.72. The lowest BCUT2D eigenvalue weighted by Crippen LogP contribution is -2.46. The third-order valence-corrected chi connectivity index (χ3v) is 6.46. The van der Waals surface area contributed by atoms with E-state index in [-0.39, 0.29) is 11.3 Å². The van der Waals surface area contributed by atoms with Gasteiger partial charge in [0.25, 0.3) is 5.91 Å². The topological polar surface area (TPSA) is 29.1 Å². The molecule has 2 fully saturated rings. The number of halogens is 1. The molecule has 2 bridgehead atoms. The number of benzene rings is 1. The van der Waals surface area contributed by atoms with E-state index in [0.717, 1.165) is 12.3 Å². The Labute approximate surface area is 125 Å². The minimum atomic E-state index is 0.0243. The summed E-state index contributed by atoms with van der Waals surface area (Å²) in [4.78, 5) is 12.4. The molecule has 0 saturated heterocycles. The molecule has 3 heteroatoms. The number of nitrogens with one attached hydrogen (secondary N) is 1. The first-order valence-corrected chi connectivity index (χ1v) is 7.79. The van der Waals surface area contributed by atoms with Crippen molar-refractivity contribution in [2.24, 2.45) is 16.7 Å². The largest absolute Gasteiger partial charge is 0.349 e. The second-order valence-electron chi connectivity index (χ2n) is 7.14. The molecular weight excluding hydrogens is 270 g/mol. The van der Waals surface area contributed by atoms with Gasteiger partial charge < -0.3 is 5.32 Å². The third-order valence-electron chi connectivity index (χ3n) is 6.21. The molecule has 0 aliphatic heterocycles. The van der Waals surface area contributed by atoms with Gasteiger partial charge in [-0.05, 0) is 60.3 Å². The Hall–Kier alpha value is -1.02. The van der Waals surface area contributed by atoms with Crippen LogP contribution >= 0.6 is 11.6 Å². The van der Waals surface area contributed by atoms with E-state index in [1.807, 2.05) is 0 Å². The van der Waals surface area contributed by atoms with Crippen LogP contribution in [0.5, 0.6) is 0 Å². The van der Waals surface area contributed by atoms with Crippen molar-refractivity contribution in [2.75, 3.05) is 0 Å². The fourth-order valence-electron chi connectivity index (χ4n) is 4.26. The van der Waals surface area contributed by atoms with E-state index < -0.39 is 0 Å². The van der Waals surface area contributed by atoms with Crippen LogP contribution in [0.25, 0.3) is 0 Å². The highest BCUT2D eigenvalue weighted by molar-refractivity contribution is 6.30. The quantitative estimate of drug-likeness (QED) is 0.865. The Balaban J connectivity index is 1.76. The van der Waals surface area contributed by atoms with Crippen LogP contribution in [-0.2, 0) is 0 Å². The van der Waals surface area contributed by atoms with Gasteiger partial charge in [-0.25, -0.2) is 0 Å². The monoisotopic (exact) mass is 291 g/mol. The molecule has 20 heavy (non-hydrogen) atoms. The van der Waals surface area contributed by atoms with Gasteiger partial charge >= 0.3 is 0 Å². The minimum Gasteiger partial charge on any atom is -0.349 e. The van der Waals surface area contributed by atoms with Gasteiger partial charge in [0.05, 0.1) is 0 Å². The molecule has 2 aliphatic rings. The van der Waals surface area contributed by atoms with Crippen molar-refractivity contribution in [3.05, 3.63) is 34.9 Å². The van der Waals surface area contributed by atoms with Crippen molar-refractivity contribution < 1.29 is 4.79 Å². The average molecular weight is 292 g/mol. The number of fused-ring (bicyclic) bond motifs is 2. The fourth-order valence-corrected chi connectivity index (χ4v) is 4.39. The zero-order valence-corrected chi connectivity index (χ0v) is 13.1. The minimum absolute atomic E-state index is 0.0243. The van der Waals surface area contributed by atoms with Gasteiger partial charge in [-0.15, -0.1) is 0 Å². The lowest BCUT2D eigenvalue weighted by molar-refractivity contribution is 0.0826. The van der Waals surface area contributed by atoms with E-state index in [2.05, 4.69) is 26.1 Å². The molecule has 0 unspecified atom stereocenters. The number of hydrogen-bond donors (Lipinski definition) is 1. The summed E-state index contributed by atoms with van der Waals surface area (Å²) >= 11 is 5.87. The van der Waals surface area contributed by atoms with Crippen LogP contribution in [0.1, 0.15) is 50.4 Å². The second kappa shape index (κ2) is 4.49. The third kappa shape index (κ3) is 1.88. The molecule has 0 spiro atoms. The molecule has 3 rings (SSSR count). The molecule has 3 atom stereocenters. The SMILES string of the molecule is CC1(C)[C@@H]2CC[C@@]1(C)[C@@H](NC(=O)c1ccc(Cl)cc1)C2. The summed E-state index contributed by atoms with van der Waals surface area (Å²) < 4.78 is 0. The van der Waals surface area contributed by atoms with E-state index in [1.54, 1.807) is 24.3 Å². The number of amides is 1. The first-order valence-electron chi connectivity index (χ1n) is 7.41. The van der Waals surface area contributed by atoms with Crippen molar-refractivity contribution in [1.29, 1.82) is 0 Å². The lowest BCUT2D eigenvalue weighted by atomic mass is 9.69. The van der Waals surface area contributed by atoms with Crippen molar-refractivity contribution in [1.82, 2.24) is 5.32 Å². The normalized spacial score (nSPS) is 34.2. The first kappa shape index (κ1) is 13.9. The summed E-state index contributed by atoms with van der Waals surface area (Å²) in [7, 11) is 0. The van der Waals surface area contributed by atoms with Crippen molar-refractivity contribution in [2.45, 2.75) is 46.1 Å². The van der Waals surface area contributed by atoms with Crippen LogP contribution in [0.15, 0.2) is 24.3 Å². The smallest absolute Gasteiger partial charge is 0.251 e. The molecule has 0 aromatic heterocycles. The summed E-state index contributed by atoms with van der Waals surface area (Å²) in [6.45, 7) is 7.06. The molecule has 1 aromatic rings. The molecule has 0 radical (unpaired) electrons. The first-order chi connectivity index (χ1) is 9.34. The molecule has 2 saturated carbocycles. The van der Waals surface area contributed by atoms with Gasteiger partial charge in [-0.1, -0.05) is 32.4 Å². The molecule has 1 N–H and O–H groups in total. The fraction of sp³-hybridized carbons (Fsp3) is 0.588. The van der Waals surface area contributed by atoms with E-state index in [1.165, 1.54) is 12.8 Å². The van der Waals surface area contributed by atoms with Crippen LogP contribution < -0.4 is 5.32 Å². The molecular formula is C17H22ClNO. The molecule has 1 amide bonds. The summed E-state index contributed by atoms with van der Waals surface area (Å²) in [6, 6.07) is 7.40.